The van der Waals surface area contributed by atoms with Gasteiger partial charge < -0.3 is 25.6 Å². The number of nitrogens with zero attached hydrogens (tertiary/aromatic N) is 2. The van der Waals surface area contributed by atoms with Gasteiger partial charge in [0.05, 0.1) is 6.61 Å². The molecule has 0 bridgehead atoms. The Kier molecular flexibility index (Phi) is 13.3. The number of halogens is 1. The third kappa shape index (κ3) is 9.71. The minimum atomic E-state index is -0.239. The van der Waals surface area contributed by atoms with Crippen LogP contribution in [0.15, 0.2) is 4.99 Å². The zero-order chi connectivity index (χ0) is 17.8. The van der Waals surface area contributed by atoms with Crippen LogP contribution >= 0.6 is 24.0 Å². The quantitative estimate of drug-likeness (QED) is 0.297. The van der Waals surface area contributed by atoms with Gasteiger partial charge in [0.2, 0.25) is 5.91 Å². The normalized spacial score (nSPS) is 15.2. The molecule has 0 atom stereocenters. The van der Waals surface area contributed by atoms with Gasteiger partial charge >= 0.3 is 6.09 Å². The molecule has 9 heteroatoms. The molecule has 0 spiro atoms. The lowest BCUT2D eigenvalue weighted by molar-refractivity contribution is -0.120. The number of piperidine rings is 1. The number of ether oxygens (including phenoxy) is 1. The Morgan fingerprint density at radius 3 is 2.40 bits per heavy atom. The van der Waals surface area contributed by atoms with E-state index in [0.29, 0.717) is 45.2 Å². The van der Waals surface area contributed by atoms with Gasteiger partial charge in [0.1, 0.15) is 0 Å². The van der Waals surface area contributed by atoms with Crippen LogP contribution < -0.4 is 16.0 Å². The van der Waals surface area contributed by atoms with Gasteiger partial charge in [-0.25, -0.2) is 4.79 Å². The largest absolute Gasteiger partial charge is 0.450 e. The van der Waals surface area contributed by atoms with Crippen LogP contribution in [-0.2, 0) is 9.53 Å². The molecule has 1 aliphatic rings. The predicted molar refractivity (Wildman–Crippen MR) is 109 cm³/mol. The number of carbonyl (C=O) groups is 2. The van der Waals surface area contributed by atoms with Crippen molar-refractivity contribution < 1.29 is 14.3 Å². The molecule has 0 radical (unpaired) electrons. The fourth-order valence-corrected chi connectivity index (χ4v) is 2.46. The van der Waals surface area contributed by atoms with Crippen molar-refractivity contribution >= 4 is 41.9 Å². The Balaban J connectivity index is 0.00000576. The molecule has 0 unspecified atom stereocenters. The molecule has 1 aliphatic heterocycles. The number of hydrogen-bond acceptors (Lipinski definition) is 4. The van der Waals surface area contributed by atoms with E-state index in [1.165, 1.54) is 0 Å². The molecule has 25 heavy (non-hydrogen) atoms. The summed E-state index contributed by atoms with van der Waals surface area (Å²) in [5.74, 6) is 0.732. The van der Waals surface area contributed by atoms with Crippen molar-refractivity contribution in [2.45, 2.75) is 45.6 Å². The van der Waals surface area contributed by atoms with Gasteiger partial charge in [-0.15, -0.1) is 24.0 Å². The van der Waals surface area contributed by atoms with Crippen molar-refractivity contribution in [3.63, 3.8) is 0 Å². The highest BCUT2D eigenvalue weighted by atomic mass is 127. The number of hydrogen-bond donors (Lipinski definition) is 3. The monoisotopic (exact) mass is 469 g/mol. The third-order valence-corrected chi connectivity index (χ3v) is 3.80. The molecule has 0 aliphatic carbocycles. The summed E-state index contributed by atoms with van der Waals surface area (Å²) in [6.45, 7) is 6.84. The maximum absolute atomic E-state index is 11.7. The second-order valence-corrected chi connectivity index (χ2v) is 5.70. The lowest BCUT2D eigenvalue weighted by Gasteiger charge is -2.32. The zero-order valence-electron chi connectivity index (χ0n) is 15.5. The van der Waals surface area contributed by atoms with E-state index in [4.69, 9.17) is 4.74 Å². The van der Waals surface area contributed by atoms with Gasteiger partial charge in [0, 0.05) is 45.7 Å². The molecule has 0 aromatic rings. The van der Waals surface area contributed by atoms with E-state index >= 15 is 0 Å². The summed E-state index contributed by atoms with van der Waals surface area (Å²) in [5, 5.41) is 9.34. The van der Waals surface area contributed by atoms with Crippen LogP contribution in [0.1, 0.15) is 39.5 Å². The van der Waals surface area contributed by atoms with Crippen molar-refractivity contribution in [1.82, 2.24) is 20.9 Å². The topological polar surface area (TPSA) is 95.1 Å². The van der Waals surface area contributed by atoms with Gasteiger partial charge in [-0.05, 0) is 26.2 Å². The number of carbonyl (C=O) groups excluding carboxylic acids is 2. The number of nitrogens with one attached hydrogen (secondary N) is 3. The number of aliphatic imine (C=N–C) groups is 1. The van der Waals surface area contributed by atoms with Crippen LogP contribution in [0.5, 0.6) is 0 Å². The summed E-state index contributed by atoms with van der Waals surface area (Å²) in [5.41, 5.74) is 0. The maximum Gasteiger partial charge on any atom is 0.409 e. The Labute approximate surface area is 167 Å². The Morgan fingerprint density at radius 1 is 1.16 bits per heavy atom. The first-order valence-electron chi connectivity index (χ1n) is 8.76. The van der Waals surface area contributed by atoms with Crippen LogP contribution in [0.3, 0.4) is 0 Å². The second kappa shape index (κ2) is 14.0. The molecule has 1 heterocycles. The average molecular weight is 469 g/mol. The number of likely N-dealkylation sites (tertiary alicyclic amines) is 1. The molecule has 0 aromatic heterocycles. The van der Waals surface area contributed by atoms with E-state index < -0.39 is 0 Å². The lowest BCUT2D eigenvalue weighted by Crippen LogP contribution is -2.50. The average Bonchev–Trinajstić information content (AvgIpc) is 2.59. The van der Waals surface area contributed by atoms with Gasteiger partial charge in [-0.2, -0.15) is 0 Å². The van der Waals surface area contributed by atoms with Crippen LogP contribution in [0, 0.1) is 0 Å². The van der Waals surface area contributed by atoms with Gasteiger partial charge in [-0.3, -0.25) is 9.79 Å². The standard InChI is InChI=1S/C16H31N5O3.HI/c1-4-9-18-14(22)6-10-19-15(17-3)20-13-7-11-21(12-8-13)16(23)24-5-2;/h13H,4-12H2,1-3H3,(H,18,22)(H2,17,19,20);1H. The Morgan fingerprint density at radius 2 is 1.84 bits per heavy atom. The van der Waals surface area contributed by atoms with Crippen LogP contribution in [0.2, 0.25) is 0 Å². The fourth-order valence-electron chi connectivity index (χ4n) is 2.46. The maximum atomic E-state index is 11.7. The molecular weight excluding hydrogens is 437 g/mol. The van der Waals surface area contributed by atoms with Crippen LogP contribution in [-0.4, -0.2) is 68.7 Å². The molecule has 0 saturated carbocycles. The first kappa shape index (κ1) is 23.7. The molecule has 1 fully saturated rings. The second-order valence-electron chi connectivity index (χ2n) is 5.70. The zero-order valence-corrected chi connectivity index (χ0v) is 17.8. The van der Waals surface area contributed by atoms with Gasteiger partial charge in [0.25, 0.3) is 0 Å². The van der Waals surface area contributed by atoms with E-state index in [0.717, 1.165) is 19.3 Å². The summed E-state index contributed by atoms with van der Waals surface area (Å²) in [4.78, 5) is 29.1. The number of guanidine groups is 1. The molecule has 1 saturated heterocycles. The fraction of sp³-hybridized carbons (Fsp3) is 0.812. The van der Waals surface area contributed by atoms with E-state index in [2.05, 4.69) is 20.9 Å². The highest BCUT2D eigenvalue weighted by Crippen LogP contribution is 2.11. The highest BCUT2D eigenvalue weighted by Gasteiger charge is 2.23. The summed E-state index contributed by atoms with van der Waals surface area (Å²) in [6.07, 6.45) is 2.80. The molecule has 0 aromatic carbocycles. The SMILES string of the molecule is CCCNC(=O)CCNC(=NC)NC1CCN(C(=O)OCC)CC1.I. The highest BCUT2D eigenvalue weighted by molar-refractivity contribution is 14.0. The molecule has 8 nitrogen and oxygen atoms in total. The van der Waals surface area contributed by atoms with Crippen molar-refractivity contribution in [3.05, 3.63) is 0 Å². The van der Waals surface area contributed by atoms with Gasteiger partial charge in [-0.1, -0.05) is 6.92 Å². The molecule has 3 N–H and O–H groups in total. The third-order valence-electron chi connectivity index (χ3n) is 3.80. The van der Waals surface area contributed by atoms with Crippen molar-refractivity contribution in [2.75, 3.05) is 39.8 Å². The van der Waals surface area contributed by atoms with Crippen LogP contribution in [0.4, 0.5) is 4.79 Å². The summed E-state index contributed by atoms with van der Waals surface area (Å²) < 4.78 is 5.01. The molecule has 2 amide bonds. The smallest absolute Gasteiger partial charge is 0.409 e. The minimum absolute atomic E-state index is 0. The molecule has 1 rings (SSSR count). The molecule has 146 valence electrons. The van der Waals surface area contributed by atoms with Crippen molar-refractivity contribution in [1.29, 1.82) is 0 Å². The summed E-state index contributed by atoms with van der Waals surface area (Å²) in [7, 11) is 1.71. The summed E-state index contributed by atoms with van der Waals surface area (Å²) in [6, 6.07) is 0.260. The van der Waals surface area contributed by atoms with E-state index in [-0.39, 0.29) is 42.0 Å². The number of rotatable bonds is 7. The Bertz CT molecular complexity index is 426. The lowest BCUT2D eigenvalue weighted by atomic mass is 10.1. The van der Waals surface area contributed by atoms with Crippen molar-refractivity contribution in [2.24, 2.45) is 4.99 Å². The van der Waals surface area contributed by atoms with Gasteiger partial charge in [0.15, 0.2) is 5.96 Å². The predicted octanol–water partition coefficient (Wildman–Crippen LogP) is 1.31. The first-order valence-corrected chi connectivity index (χ1v) is 8.76. The molecular formula is C16H32IN5O3. The first-order chi connectivity index (χ1) is 11.6. The Hall–Kier alpha value is -1.26. The van der Waals surface area contributed by atoms with Crippen molar-refractivity contribution in [3.8, 4) is 0 Å². The van der Waals surface area contributed by atoms with E-state index in [1.807, 2.05) is 13.8 Å². The van der Waals surface area contributed by atoms with E-state index in [1.54, 1.807) is 11.9 Å². The summed E-state index contributed by atoms with van der Waals surface area (Å²) >= 11 is 0. The minimum Gasteiger partial charge on any atom is -0.450 e. The number of amides is 2. The van der Waals surface area contributed by atoms with E-state index in [9.17, 15) is 9.59 Å². The van der Waals surface area contributed by atoms with Crippen LogP contribution in [0.25, 0.3) is 0 Å².